The second kappa shape index (κ2) is 5.90. The Morgan fingerprint density at radius 3 is 2.75 bits per heavy atom. The van der Waals surface area contributed by atoms with Crippen molar-refractivity contribution in [2.45, 2.75) is 26.2 Å². The van der Waals surface area contributed by atoms with Gasteiger partial charge in [0.25, 0.3) is 0 Å². The topological polar surface area (TPSA) is 23.5 Å². The largest absolute Gasteiger partial charge is 0.508 e. The van der Waals surface area contributed by atoms with Crippen molar-refractivity contribution in [3.05, 3.63) is 29.8 Å². The Bertz CT molecular complexity index is 471. The molecule has 0 unspecified atom stereocenters. The molecule has 0 heterocycles. The van der Waals surface area contributed by atoms with E-state index in [1.807, 2.05) is 19.9 Å². The molecule has 1 aromatic carbocycles. The highest BCUT2D eigenvalue weighted by Gasteiger charge is 2.18. The molecule has 0 spiro atoms. The fourth-order valence-corrected chi connectivity index (χ4v) is 2.14. The summed E-state index contributed by atoms with van der Waals surface area (Å²) in [6.07, 6.45) is 0.723. The number of rotatable bonds is 5. The van der Waals surface area contributed by atoms with Gasteiger partial charge in [-0.15, -0.1) is 0 Å². The van der Waals surface area contributed by atoms with Gasteiger partial charge in [0.1, 0.15) is 5.75 Å². The van der Waals surface area contributed by atoms with Gasteiger partial charge in [-0.2, -0.15) is 0 Å². The van der Waals surface area contributed by atoms with Crippen LogP contribution in [0.3, 0.4) is 0 Å². The van der Waals surface area contributed by atoms with Crippen molar-refractivity contribution in [1.82, 2.24) is 4.90 Å². The van der Waals surface area contributed by atoms with Gasteiger partial charge in [-0.1, -0.05) is 26.0 Å². The zero-order chi connectivity index (χ0) is 17.1. The molecule has 0 aliphatic carbocycles. The maximum Gasteiger partial charge on any atom is 0.115 e. The van der Waals surface area contributed by atoms with Gasteiger partial charge in [-0.25, -0.2) is 0 Å². The zero-order valence-electron chi connectivity index (χ0n) is 15.8. The van der Waals surface area contributed by atoms with Crippen LogP contribution in [0.4, 0.5) is 0 Å². The Labute approximate surface area is 107 Å². The summed E-state index contributed by atoms with van der Waals surface area (Å²) in [6, 6.07) is 6.79. The first-order chi connectivity index (χ1) is 9.96. The second-order valence-corrected chi connectivity index (χ2v) is 4.20. The third kappa shape index (κ3) is 3.53. The van der Waals surface area contributed by atoms with E-state index in [0.717, 1.165) is 12.0 Å². The molecule has 90 valence electrons. The minimum Gasteiger partial charge on any atom is -0.508 e. The molecule has 16 heavy (non-hydrogen) atoms. The van der Waals surface area contributed by atoms with E-state index in [1.165, 1.54) is 0 Å². The molecule has 0 aromatic heterocycles. The van der Waals surface area contributed by atoms with Gasteiger partial charge in [0.15, 0.2) is 0 Å². The van der Waals surface area contributed by atoms with Crippen LogP contribution in [0.2, 0.25) is 0 Å². The smallest absolute Gasteiger partial charge is 0.115 e. The normalized spacial score (nSPS) is 22.2. The van der Waals surface area contributed by atoms with Gasteiger partial charge < -0.3 is 10.0 Å². The number of phenolic OH excluding ortho intramolecular Hbond substituents is 1. The Morgan fingerprint density at radius 1 is 1.44 bits per heavy atom. The molecule has 1 aromatic rings. The molecular weight excluding hydrogens is 198 g/mol. The monoisotopic (exact) mass is 227 g/mol. The fraction of sp³-hybridized carbons (Fsp3) is 0.571. The number of hydrogen-bond donors (Lipinski definition) is 1. The zero-order valence-corrected chi connectivity index (χ0v) is 9.77. The van der Waals surface area contributed by atoms with Crippen molar-refractivity contribution >= 4 is 0 Å². The highest BCUT2D eigenvalue weighted by atomic mass is 16.3. The Balaban J connectivity index is 2.99. The van der Waals surface area contributed by atoms with Crippen LogP contribution in [0.25, 0.3) is 0 Å². The van der Waals surface area contributed by atoms with Crippen LogP contribution in [0, 0.1) is 5.92 Å². The third-order valence-electron chi connectivity index (χ3n) is 2.90. The summed E-state index contributed by atoms with van der Waals surface area (Å²) in [5, 5.41) is 9.59. The predicted octanol–water partition coefficient (Wildman–Crippen LogP) is 3.08. The summed E-state index contributed by atoms with van der Waals surface area (Å²) in [5.41, 5.74) is 0.881. The lowest BCUT2D eigenvalue weighted by molar-refractivity contribution is 0.301. The summed E-state index contributed by atoms with van der Waals surface area (Å²) < 4.78 is 44.6. The van der Waals surface area contributed by atoms with Gasteiger partial charge in [0, 0.05) is 14.8 Å². The quantitative estimate of drug-likeness (QED) is 0.835. The van der Waals surface area contributed by atoms with Crippen LogP contribution in [0.5, 0.6) is 5.75 Å². The van der Waals surface area contributed by atoms with Crippen molar-refractivity contribution < 1.29 is 13.3 Å². The number of nitrogens with zero attached hydrogens (tertiary/aromatic N) is 1. The maximum absolute atomic E-state index is 9.59. The minimum absolute atomic E-state index is 0.0284. The Hall–Kier alpha value is -1.02. The summed E-state index contributed by atoms with van der Waals surface area (Å²) in [6.45, 7) is -1.61. The fourth-order valence-electron chi connectivity index (χ4n) is 2.14. The van der Waals surface area contributed by atoms with Gasteiger partial charge in [0.2, 0.25) is 0 Å². The van der Waals surface area contributed by atoms with E-state index in [9.17, 15) is 5.11 Å². The van der Waals surface area contributed by atoms with E-state index in [0.29, 0.717) is 4.90 Å². The predicted molar refractivity (Wildman–Crippen MR) is 68.9 cm³/mol. The average molecular weight is 227 g/mol. The molecule has 0 amide bonds. The molecule has 1 N–H and O–H groups in total. The van der Waals surface area contributed by atoms with Crippen LogP contribution in [0.15, 0.2) is 24.3 Å². The lowest BCUT2D eigenvalue weighted by Gasteiger charge is -2.26. The lowest BCUT2D eigenvalue weighted by atomic mass is 9.85. The summed E-state index contributed by atoms with van der Waals surface area (Å²) in [7, 11) is 0. The van der Waals surface area contributed by atoms with E-state index in [2.05, 4.69) is 0 Å². The number of benzene rings is 1. The Kier molecular flexibility index (Phi) is 2.45. The average Bonchev–Trinajstić information content (AvgIpc) is 2.34. The highest BCUT2D eigenvalue weighted by Crippen LogP contribution is 2.30. The van der Waals surface area contributed by atoms with Crippen LogP contribution in [-0.4, -0.2) is 30.5 Å². The third-order valence-corrected chi connectivity index (χ3v) is 2.90. The number of hydrogen-bond acceptors (Lipinski definition) is 2. The van der Waals surface area contributed by atoms with Gasteiger partial charge in [-0.3, -0.25) is 0 Å². The highest BCUT2D eigenvalue weighted by molar-refractivity contribution is 5.30. The molecule has 0 saturated carbocycles. The van der Waals surface area contributed by atoms with E-state index in [4.69, 9.17) is 8.22 Å². The first kappa shape index (κ1) is 6.65. The van der Waals surface area contributed by atoms with Gasteiger partial charge in [-0.05, 0) is 49.9 Å². The van der Waals surface area contributed by atoms with Gasteiger partial charge in [0.05, 0.1) is 0 Å². The van der Waals surface area contributed by atoms with Crippen molar-refractivity contribution in [2.24, 2.45) is 5.92 Å². The van der Waals surface area contributed by atoms with Crippen molar-refractivity contribution in [3.8, 4) is 5.75 Å². The first-order valence-electron chi connectivity index (χ1n) is 8.53. The SMILES string of the molecule is [2H]C([2H])([2H])N(C[C@H](C)[C@@H](CC)c1cccc(O)c1)C([2H])([2H])[2H]. The second-order valence-electron chi connectivity index (χ2n) is 4.20. The molecule has 1 rings (SSSR count). The molecule has 0 saturated heterocycles. The van der Waals surface area contributed by atoms with E-state index in [1.54, 1.807) is 18.2 Å². The summed E-state index contributed by atoms with van der Waals surface area (Å²) >= 11 is 0. The number of aromatic hydroxyl groups is 1. The molecule has 2 heteroatoms. The molecule has 0 fully saturated rings. The van der Waals surface area contributed by atoms with Crippen molar-refractivity contribution in [2.75, 3.05) is 20.5 Å². The standard InChI is InChI=1S/C14H23NO/c1-5-14(11(2)10-15(3)4)12-7-6-8-13(16)9-12/h6-9,11,14,16H,5,10H2,1-4H3/t11-,14+/m0/s1/i3D3,4D3. The van der Waals surface area contributed by atoms with Crippen molar-refractivity contribution in [3.63, 3.8) is 0 Å². The summed E-state index contributed by atoms with van der Waals surface area (Å²) in [4.78, 5) is 0.593. The van der Waals surface area contributed by atoms with Crippen LogP contribution in [0.1, 0.15) is 40.0 Å². The molecule has 2 atom stereocenters. The van der Waals surface area contributed by atoms with Gasteiger partial charge >= 0.3 is 0 Å². The maximum atomic E-state index is 9.59. The lowest BCUT2D eigenvalue weighted by Crippen LogP contribution is -2.24. The molecule has 2 nitrogen and oxygen atoms in total. The summed E-state index contributed by atoms with van der Waals surface area (Å²) in [5.74, 6) is -0.0707. The Morgan fingerprint density at radius 2 is 2.19 bits per heavy atom. The molecular formula is C14H23NO. The minimum atomic E-state index is -2.67. The van der Waals surface area contributed by atoms with E-state index >= 15 is 0 Å². The molecule has 0 radical (unpaired) electrons. The van der Waals surface area contributed by atoms with Crippen LogP contribution >= 0.6 is 0 Å². The molecule has 0 aliphatic rings. The van der Waals surface area contributed by atoms with Crippen molar-refractivity contribution in [1.29, 1.82) is 0 Å². The van der Waals surface area contributed by atoms with Crippen LogP contribution in [-0.2, 0) is 0 Å². The molecule has 0 bridgehead atoms. The molecule has 0 aliphatic heterocycles. The first-order valence-corrected chi connectivity index (χ1v) is 5.53. The van der Waals surface area contributed by atoms with E-state index in [-0.39, 0.29) is 24.1 Å². The number of phenols is 1. The van der Waals surface area contributed by atoms with E-state index < -0.39 is 14.0 Å². The van der Waals surface area contributed by atoms with Crippen LogP contribution < -0.4 is 0 Å².